The molecule has 26 heavy (non-hydrogen) atoms. The lowest BCUT2D eigenvalue weighted by Crippen LogP contribution is -2.34. The molecule has 0 saturated carbocycles. The molecule has 0 fully saturated rings. The van der Waals surface area contributed by atoms with E-state index in [4.69, 9.17) is 20.8 Å². The lowest BCUT2D eigenvalue weighted by atomic mass is 10.2. The molecule has 3 rings (SSSR count). The van der Waals surface area contributed by atoms with Crippen molar-refractivity contribution in [3.63, 3.8) is 0 Å². The van der Waals surface area contributed by atoms with Crippen LogP contribution in [0, 0.1) is 0 Å². The minimum absolute atomic E-state index is 0.274. The number of aromatic nitrogens is 3. The average molecular weight is 373 g/mol. The van der Waals surface area contributed by atoms with Gasteiger partial charge in [0, 0.05) is 5.02 Å². The van der Waals surface area contributed by atoms with Gasteiger partial charge in [0.2, 0.25) is 0 Å². The molecule has 0 unspecified atom stereocenters. The van der Waals surface area contributed by atoms with Crippen molar-refractivity contribution in [2.24, 2.45) is 0 Å². The number of rotatable bonds is 3. The van der Waals surface area contributed by atoms with E-state index in [1.807, 2.05) is 0 Å². The summed E-state index contributed by atoms with van der Waals surface area (Å²) in [5.74, 6) is 0.713. The number of hydrogen-bond donors (Lipinski definition) is 0. The summed E-state index contributed by atoms with van der Waals surface area (Å²) in [4.78, 5) is 26.6. The van der Waals surface area contributed by atoms with Crippen molar-refractivity contribution in [3.05, 3.63) is 54.3 Å². The average Bonchev–Trinajstić information content (AvgIpc) is 3.08. The van der Waals surface area contributed by atoms with Crippen molar-refractivity contribution in [2.75, 3.05) is 4.90 Å². The highest BCUT2D eigenvalue weighted by Gasteiger charge is 2.26. The summed E-state index contributed by atoms with van der Waals surface area (Å²) in [6.07, 6.45) is 5.21. The zero-order chi connectivity index (χ0) is 18.7. The number of carbonyl (C=O) groups excluding carboxylic acids is 1. The summed E-state index contributed by atoms with van der Waals surface area (Å²) in [6.45, 7) is 5.37. The Balaban J connectivity index is 2.06. The van der Waals surface area contributed by atoms with Crippen LogP contribution >= 0.6 is 11.6 Å². The van der Waals surface area contributed by atoms with E-state index >= 15 is 0 Å². The summed E-state index contributed by atoms with van der Waals surface area (Å²) in [7, 11) is 0. The summed E-state index contributed by atoms with van der Waals surface area (Å²) in [6, 6.07) is 6.84. The molecule has 0 aliphatic rings. The van der Waals surface area contributed by atoms with E-state index in [-0.39, 0.29) is 5.82 Å². The first-order chi connectivity index (χ1) is 12.3. The highest BCUT2D eigenvalue weighted by Crippen LogP contribution is 2.29. The smallest absolute Gasteiger partial charge is 0.420 e. The van der Waals surface area contributed by atoms with Crippen LogP contribution in [0.15, 0.2) is 53.7 Å². The third kappa shape index (κ3) is 4.18. The van der Waals surface area contributed by atoms with Gasteiger partial charge in [0.05, 0.1) is 24.3 Å². The van der Waals surface area contributed by atoms with Crippen molar-refractivity contribution in [1.82, 2.24) is 15.0 Å². The van der Waals surface area contributed by atoms with Gasteiger partial charge in [-0.3, -0.25) is 4.98 Å². The predicted molar refractivity (Wildman–Crippen MR) is 97.4 cm³/mol. The molecular formula is C18H17ClN4O3. The summed E-state index contributed by atoms with van der Waals surface area (Å²) in [5, 5.41) is 0.482. The predicted octanol–water partition coefficient (Wildman–Crippen LogP) is 4.86. The molecule has 1 aromatic carbocycles. The Morgan fingerprint density at radius 2 is 2.00 bits per heavy atom. The van der Waals surface area contributed by atoms with Crippen LogP contribution in [-0.4, -0.2) is 26.6 Å². The fraction of sp³-hybridized carbons (Fsp3) is 0.222. The lowest BCUT2D eigenvalue weighted by molar-refractivity contribution is 0.0598. The molecule has 134 valence electrons. The molecule has 7 nitrogen and oxygen atoms in total. The zero-order valence-electron chi connectivity index (χ0n) is 14.5. The quantitative estimate of drug-likeness (QED) is 0.653. The molecule has 0 spiro atoms. The summed E-state index contributed by atoms with van der Waals surface area (Å²) in [5.41, 5.74) is 0.274. The Labute approximate surface area is 155 Å². The second kappa shape index (κ2) is 7.13. The molecule has 0 bridgehead atoms. The van der Waals surface area contributed by atoms with E-state index < -0.39 is 11.7 Å². The second-order valence-corrected chi connectivity index (χ2v) is 6.86. The Kier molecular flexibility index (Phi) is 4.90. The number of hydrogen-bond acceptors (Lipinski definition) is 6. The van der Waals surface area contributed by atoms with E-state index in [9.17, 15) is 4.79 Å². The van der Waals surface area contributed by atoms with Gasteiger partial charge in [-0.25, -0.2) is 19.7 Å². The minimum atomic E-state index is -0.677. The largest absolute Gasteiger partial charge is 0.443 e. The van der Waals surface area contributed by atoms with Gasteiger partial charge >= 0.3 is 6.09 Å². The first-order valence-corrected chi connectivity index (χ1v) is 8.21. The molecular weight excluding hydrogens is 356 g/mol. The molecule has 0 radical (unpaired) electrons. The Morgan fingerprint density at radius 1 is 1.19 bits per heavy atom. The van der Waals surface area contributed by atoms with Crippen LogP contribution in [0.5, 0.6) is 0 Å². The van der Waals surface area contributed by atoms with Crippen LogP contribution in [-0.2, 0) is 4.74 Å². The number of oxazole rings is 1. The van der Waals surface area contributed by atoms with Crippen LogP contribution in [0.1, 0.15) is 20.8 Å². The first-order valence-electron chi connectivity index (χ1n) is 7.83. The number of ether oxygens (including phenoxy) is 1. The van der Waals surface area contributed by atoms with Gasteiger partial charge in [-0.15, -0.1) is 0 Å². The van der Waals surface area contributed by atoms with Gasteiger partial charge in [-0.1, -0.05) is 17.7 Å². The fourth-order valence-electron chi connectivity index (χ4n) is 2.18. The molecule has 0 aliphatic heterocycles. The second-order valence-electron chi connectivity index (χ2n) is 6.42. The fourth-order valence-corrected chi connectivity index (χ4v) is 2.36. The molecule has 2 aromatic heterocycles. The van der Waals surface area contributed by atoms with Crippen molar-refractivity contribution >= 4 is 29.2 Å². The van der Waals surface area contributed by atoms with Crippen molar-refractivity contribution in [2.45, 2.75) is 26.4 Å². The Morgan fingerprint density at radius 3 is 2.65 bits per heavy atom. The van der Waals surface area contributed by atoms with Crippen LogP contribution in [0.3, 0.4) is 0 Å². The number of benzene rings is 1. The highest BCUT2D eigenvalue weighted by atomic mass is 35.5. The van der Waals surface area contributed by atoms with E-state index in [1.165, 1.54) is 29.9 Å². The third-order valence-corrected chi connectivity index (χ3v) is 3.41. The SMILES string of the molecule is CC(C)(C)OC(=O)N(c1cccc(Cl)c1)c1cncc(-c2cnco2)n1. The topological polar surface area (TPSA) is 81.4 Å². The number of anilines is 2. The van der Waals surface area contributed by atoms with E-state index in [1.54, 1.807) is 45.0 Å². The maximum atomic E-state index is 12.8. The van der Waals surface area contributed by atoms with Gasteiger partial charge in [0.25, 0.3) is 0 Å². The van der Waals surface area contributed by atoms with Crippen molar-refractivity contribution in [3.8, 4) is 11.5 Å². The number of nitrogens with zero attached hydrogens (tertiary/aromatic N) is 4. The summed E-state index contributed by atoms with van der Waals surface area (Å²) >= 11 is 6.09. The monoisotopic (exact) mass is 372 g/mol. The number of amides is 1. The van der Waals surface area contributed by atoms with E-state index in [2.05, 4.69) is 15.0 Å². The normalized spacial score (nSPS) is 11.2. The van der Waals surface area contributed by atoms with Crippen LogP contribution in [0.4, 0.5) is 16.3 Å². The maximum absolute atomic E-state index is 12.8. The Hall–Kier alpha value is -2.93. The van der Waals surface area contributed by atoms with Gasteiger partial charge in [0.1, 0.15) is 11.3 Å². The standard InChI is InChI=1S/C18H17ClN4O3/c1-18(2,3)26-17(24)23(13-6-4-5-12(19)7-13)16-10-20-8-14(22-16)15-9-21-11-25-15/h4-11H,1-3H3. The molecule has 2 heterocycles. The van der Waals surface area contributed by atoms with Crippen LogP contribution < -0.4 is 4.90 Å². The molecule has 0 N–H and O–H groups in total. The molecule has 1 amide bonds. The van der Waals surface area contributed by atoms with E-state index in [0.29, 0.717) is 22.2 Å². The minimum Gasteiger partial charge on any atom is -0.443 e. The molecule has 3 aromatic rings. The van der Waals surface area contributed by atoms with Crippen molar-refractivity contribution < 1.29 is 13.9 Å². The number of halogens is 1. The van der Waals surface area contributed by atoms with Crippen molar-refractivity contribution in [1.29, 1.82) is 0 Å². The van der Waals surface area contributed by atoms with Crippen LogP contribution in [0.25, 0.3) is 11.5 Å². The van der Waals surface area contributed by atoms with Gasteiger partial charge in [-0.2, -0.15) is 0 Å². The van der Waals surface area contributed by atoms with Gasteiger partial charge in [0.15, 0.2) is 18.0 Å². The number of carbonyl (C=O) groups is 1. The first kappa shape index (κ1) is 17.9. The summed E-state index contributed by atoms with van der Waals surface area (Å²) < 4.78 is 10.8. The van der Waals surface area contributed by atoms with E-state index in [0.717, 1.165) is 0 Å². The molecule has 0 aliphatic carbocycles. The maximum Gasteiger partial charge on any atom is 0.420 e. The molecule has 0 atom stereocenters. The zero-order valence-corrected chi connectivity index (χ0v) is 15.3. The molecule has 8 heteroatoms. The third-order valence-electron chi connectivity index (χ3n) is 3.18. The lowest BCUT2D eigenvalue weighted by Gasteiger charge is -2.26. The van der Waals surface area contributed by atoms with Gasteiger partial charge in [-0.05, 0) is 39.0 Å². The Bertz CT molecular complexity index is 907. The highest BCUT2D eigenvalue weighted by molar-refractivity contribution is 6.31. The van der Waals surface area contributed by atoms with Crippen LogP contribution in [0.2, 0.25) is 5.02 Å². The van der Waals surface area contributed by atoms with Gasteiger partial charge < -0.3 is 9.15 Å². The molecule has 0 saturated heterocycles.